The molecule has 2 aliphatic heterocycles. The molecule has 4 heterocycles. The molecule has 0 atom stereocenters. The van der Waals surface area contributed by atoms with Gasteiger partial charge < -0.3 is 25.6 Å². The van der Waals surface area contributed by atoms with Gasteiger partial charge in [0.25, 0.3) is 0 Å². The van der Waals surface area contributed by atoms with Gasteiger partial charge in [0.1, 0.15) is 0 Å². The highest BCUT2D eigenvalue weighted by molar-refractivity contribution is 6.00. The number of anilines is 4. The Kier molecular flexibility index (Phi) is 7.55. The van der Waals surface area contributed by atoms with Gasteiger partial charge in [-0.1, -0.05) is 18.2 Å². The Balaban J connectivity index is 1.35. The maximum atomic E-state index is 6.55. The molecule has 210 valence electrons. The molecule has 10 heteroatoms. The standard InChI is InChI=1S/C30H39N9O/c1-21-5-4-6-22(2)25(21)27-26-28(31)35-39(16-13-37-17-19-40-20-18-37)29(26)34-30(33-27)32-23-7-9-24(10-8-23)38-14-11-36(3)12-15-38/h4-10H,11-20H2,1-3H3,(H2,31,35)(H,32,33,34). The summed E-state index contributed by atoms with van der Waals surface area (Å²) in [6.07, 6.45) is 0. The van der Waals surface area contributed by atoms with Crippen molar-refractivity contribution in [3.8, 4) is 11.3 Å². The molecular formula is C30H39N9O. The van der Waals surface area contributed by atoms with E-state index in [2.05, 4.69) is 83.4 Å². The van der Waals surface area contributed by atoms with Crippen molar-refractivity contribution in [1.82, 2.24) is 29.5 Å². The van der Waals surface area contributed by atoms with Crippen molar-refractivity contribution < 1.29 is 4.74 Å². The first-order valence-corrected chi connectivity index (χ1v) is 14.2. The zero-order chi connectivity index (χ0) is 27.6. The number of rotatable bonds is 7. The molecule has 0 amide bonds. The molecular weight excluding hydrogens is 502 g/mol. The summed E-state index contributed by atoms with van der Waals surface area (Å²) in [6, 6.07) is 14.8. The monoisotopic (exact) mass is 541 g/mol. The first-order valence-electron chi connectivity index (χ1n) is 14.2. The van der Waals surface area contributed by atoms with Crippen molar-refractivity contribution in [3.63, 3.8) is 0 Å². The van der Waals surface area contributed by atoms with Crippen molar-refractivity contribution in [3.05, 3.63) is 53.6 Å². The van der Waals surface area contributed by atoms with Gasteiger partial charge >= 0.3 is 0 Å². The van der Waals surface area contributed by atoms with Crippen LogP contribution in [0.2, 0.25) is 0 Å². The number of aryl methyl sites for hydroxylation is 2. The van der Waals surface area contributed by atoms with Gasteiger partial charge in [0.2, 0.25) is 5.95 Å². The van der Waals surface area contributed by atoms with Gasteiger partial charge in [-0.2, -0.15) is 10.1 Å². The third kappa shape index (κ3) is 5.47. The lowest BCUT2D eigenvalue weighted by Gasteiger charge is -2.34. The van der Waals surface area contributed by atoms with E-state index in [1.165, 1.54) is 5.69 Å². The average Bonchev–Trinajstić information content (AvgIpc) is 3.28. The van der Waals surface area contributed by atoms with Gasteiger partial charge in [0.05, 0.1) is 30.8 Å². The summed E-state index contributed by atoms with van der Waals surface area (Å²) >= 11 is 0. The minimum Gasteiger partial charge on any atom is -0.382 e. The molecule has 0 spiro atoms. The van der Waals surface area contributed by atoms with Crippen LogP contribution in [0.1, 0.15) is 11.1 Å². The quantitative estimate of drug-likeness (QED) is 0.364. The van der Waals surface area contributed by atoms with Gasteiger partial charge in [-0.3, -0.25) is 4.90 Å². The maximum Gasteiger partial charge on any atom is 0.229 e. The molecule has 0 aliphatic carbocycles. The lowest BCUT2D eigenvalue weighted by Crippen LogP contribution is -2.44. The van der Waals surface area contributed by atoms with Gasteiger partial charge in [0, 0.05) is 62.8 Å². The molecule has 0 bridgehead atoms. The molecule has 6 rings (SSSR count). The summed E-state index contributed by atoms with van der Waals surface area (Å²) in [7, 11) is 2.18. The van der Waals surface area contributed by atoms with E-state index in [1.807, 2.05) is 4.68 Å². The van der Waals surface area contributed by atoms with Crippen molar-refractivity contribution in [1.29, 1.82) is 0 Å². The predicted octanol–water partition coefficient (Wildman–Crippen LogP) is 3.52. The molecule has 10 nitrogen and oxygen atoms in total. The Hall–Kier alpha value is -3.73. The van der Waals surface area contributed by atoms with E-state index in [0.29, 0.717) is 18.3 Å². The van der Waals surface area contributed by atoms with Gasteiger partial charge in [-0.25, -0.2) is 9.67 Å². The summed E-state index contributed by atoms with van der Waals surface area (Å²) in [5.74, 6) is 0.989. The van der Waals surface area contributed by atoms with E-state index in [4.69, 9.17) is 25.5 Å². The van der Waals surface area contributed by atoms with Crippen LogP contribution in [0.15, 0.2) is 42.5 Å². The maximum absolute atomic E-state index is 6.55. The molecule has 2 fully saturated rings. The average molecular weight is 542 g/mol. The molecule has 2 aromatic heterocycles. The number of aromatic nitrogens is 4. The topological polar surface area (TPSA) is 101 Å². The fourth-order valence-electron chi connectivity index (χ4n) is 5.69. The Morgan fingerprint density at radius 2 is 1.57 bits per heavy atom. The second-order valence-corrected chi connectivity index (χ2v) is 10.9. The number of nitrogens with two attached hydrogens (primary N) is 1. The van der Waals surface area contributed by atoms with Gasteiger partial charge in [0.15, 0.2) is 11.5 Å². The number of piperazine rings is 1. The fourth-order valence-corrected chi connectivity index (χ4v) is 5.69. The summed E-state index contributed by atoms with van der Waals surface area (Å²) in [6.45, 7) is 13.4. The van der Waals surface area contributed by atoms with E-state index < -0.39 is 0 Å². The van der Waals surface area contributed by atoms with Crippen LogP contribution in [-0.2, 0) is 11.3 Å². The summed E-state index contributed by atoms with van der Waals surface area (Å²) in [5, 5.41) is 9.00. The highest BCUT2D eigenvalue weighted by atomic mass is 16.5. The first-order chi connectivity index (χ1) is 19.5. The first kappa shape index (κ1) is 26.5. The molecule has 3 N–H and O–H groups in total. The number of ether oxygens (including phenoxy) is 1. The molecule has 40 heavy (non-hydrogen) atoms. The number of benzene rings is 2. The Bertz CT molecular complexity index is 1450. The number of nitrogens with zero attached hydrogens (tertiary/aromatic N) is 7. The third-order valence-electron chi connectivity index (χ3n) is 8.06. The summed E-state index contributed by atoms with van der Waals surface area (Å²) in [5.41, 5.74) is 13.6. The van der Waals surface area contributed by atoms with Crippen LogP contribution in [0, 0.1) is 13.8 Å². The SMILES string of the molecule is Cc1cccc(C)c1-c1nc(Nc2ccc(N3CCN(C)CC3)cc2)nc2c1c(N)nn2CCN1CCOCC1. The second kappa shape index (κ2) is 11.4. The summed E-state index contributed by atoms with van der Waals surface area (Å²) < 4.78 is 7.45. The molecule has 2 saturated heterocycles. The largest absolute Gasteiger partial charge is 0.382 e. The van der Waals surface area contributed by atoms with Crippen molar-refractivity contribution >= 4 is 34.2 Å². The third-order valence-corrected chi connectivity index (χ3v) is 8.06. The number of hydrogen-bond acceptors (Lipinski definition) is 9. The number of nitrogens with one attached hydrogen (secondary N) is 1. The summed E-state index contributed by atoms with van der Waals surface area (Å²) in [4.78, 5) is 17.2. The molecule has 0 saturated carbocycles. The Morgan fingerprint density at radius 3 is 2.27 bits per heavy atom. The van der Waals surface area contributed by atoms with Gasteiger partial charge in [-0.15, -0.1) is 0 Å². The molecule has 0 radical (unpaired) electrons. The number of fused-ring (bicyclic) bond motifs is 1. The second-order valence-electron chi connectivity index (χ2n) is 10.9. The van der Waals surface area contributed by atoms with Crippen molar-refractivity contribution in [2.45, 2.75) is 20.4 Å². The van der Waals surface area contributed by atoms with E-state index in [0.717, 1.165) is 98.1 Å². The highest BCUT2D eigenvalue weighted by Crippen LogP contribution is 2.35. The molecule has 2 aliphatic rings. The van der Waals surface area contributed by atoms with Crippen LogP contribution >= 0.6 is 0 Å². The molecule has 0 unspecified atom stereocenters. The zero-order valence-electron chi connectivity index (χ0n) is 23.7. The smallest absolute Gasteiger partial charge is 0.229 e. The minimum absolute atomic E-state index is 0.456. The van der Waals surface area contributed by atoms with E-state index in [9.17, 15) is 0 Å². The predicted molar refractivity (Wildman–Crippen MR) is 161 cm³/mol. The van der Waals surface area contributed by atoms with Crippen LogP contribution < -0.4 is 16.0 Å². The molecule has 4 aromatic rings. The van der Waals surface area contributed by atoms with Crippen LogP contribution in [0.5, 0.6) is 0 Å². The van der Waals surface area contributed by atoms with Crippen molar-refractivity contribution in [2.75, 3.05) is 82.0 Å². The Morgan fingerprint density at radius 1 is 0.875 bits per heavy atom. The van der Waals surface area contributed by atoms with Gasteiger partial charge in [-0.05, 0) is 56.3 Å². The van der Waals surface area contributed by atoms with Crippen LogP contribution in [-0.4, -0.2) is 95.6 Å². The Labute approximate surface area is 235 Å². The number of likely N-dealkylation sites (N-methyl/N-ethyl adjacent to an activating group) is 1. The highest BCUT2D eigenvalue weighted by Gasteiger charge is 2.22. The van der Waals surface area contributed by atoms with E-state index in [-0.39, 0.29) is 0 Å². The number of nitrogen functional groups attached to an aromatic ring is 1. The fraction of sp³-hybridized carbons (Fsp3) is 0.433. The minimum atomic E-state index is 0.456. The van der Waals surface area contributed by atoms with E-state index >= 15 is 0 Å². The lowest BCUT2D eigenvalue weighted by atomic mass is 9.98. The van der Waals surface area contributed by atoms with Crippen LogP contribution in [0.3, 0.4) is 0 Å². The van der Waals surface area contributed by atoms with Crippen molar-refractivity contribution in [2.24, 2.45) is 0 Å². The number of hydrogen-bond donors (Lipinski definition) is 2. The van der Waals surface area contributed by atoms with Crippen LogP contribution in [0.4, 0.5) is 23.1 Å². The number of morpholine rings is 1. The lowest BCUT2D eigenvalue weighted by molar-refractivity contribution is 0.0361. The van der Waals surface area contributed by atoms with E-state index in [1.54, 1.807) is 0 Å². The molecule has 2 aromatic carbocycles. The normalized spacial score (nSPS) is 17.0. The zero-order valence-corrected chi connectivity index (χ0v) is 23.7. The van der Waals surface area contributed by atoms with Crippen LogP contribution in [0.25, 0.3) is 22.3 Å².